The number of hydrogen-bond donors (Lipinski definition) is 1. The zero-order chi connectivity index (χ0) is 18.6. The third kappa shape index (κ3) is 3.90. The van der Waals surface area contributed by atoms with Gasteiger partial charge >= 0.3 is 0 Å². The molecule has 0 radical (unpaired) electrons. The lowest BCUT2D eigenvalue weighted by atomic mass is 10.0. The summed E-state index contributed by atoms with van der Waals surface area (Å²) in [4.78, 5) is 4.51. The molecule has 0 saturated carbocycles. The van der Waals surface area contributed by atoms with E-state index in [4.69, 9.17) is 5.26 Å². The van der Waals surface area contributed by atoms with Crippen molar-refractivity contribution in [1.82, 2.24) is 9.62 Å². The number of nitrogens with zero attached hydrogens (tertiary/aromatic N) is 3. The highest BCUT2D eigenvalue weighted by atomic mass is 32.2. The molecule has 1 aliphatic rings. The van der Waals surface area contributed by atoms with Gasteiger partial charge in [-0.15, -0.1) is 0 Å². The van der Waals surface area contributed by atoms with Gasteiger partial charge in [0, 0.05) is 13.1 Å². The van der Waals surface area contributed by atoms with Crippen molar-refractivity contribution in [3.8, 4) is 6.19 Å². The number of rotatable bonds is 3. The van der Waals surface area contributed by atoms with Crippen LogP contribution in [0.25, 0.3) is 0 Å². The predicted molar refractivity (Wildman–Crippen MR) is 104 cm³/mol. The molecule has 3 rings (SSSR count). The number of benzene rings is 2. The van der Waals surface area contributed by atoms with Crippen LogP contribution in [-0.4, -0.2) is 30.7 Å². The number of sulfonamides is 1. The molecule has 0 aromatic heterocycles. The highest BCUT2D eigenvalue weighted by molar-refractivity contribution is 8.13. The Morgan fingerprint density at radius 3 is 2.54 bits per heavy atom. The van der Waals surface area contributed by atoms with Crippen molar-refractivity contribution in [3.05, 3.63) is 59.7 Å². The van der Waals surface area contributed by atoms with E-state index in [1.54, 1.807) is 30.5 Å². The van der Waals surface area contributed by atoms with Gasteiger partial charge in [-0.25, -0.2) is 13.4 Å². The maximum atomic E-state index is 12.9. The Hall–Kier alpha value is -2.34. The third-order valence-corrected chi connectivity index (χ3v) is 6.60. The SMILES string of the molecule is CSC(=Nc1ccc(S(=O)(=O)N2CCc3ccccc3C2)cc1)NC#N. The topological polar surface area (TPSA) is 85.6 Å². The lowest BCUT2D eigenvalue weighted by molar-refractivity contribution is 0.391. The first kappa shape index (κ1) is 18.5. The second kappa shape index (κ2) is 7.91. The monoisotopic (exact) mass is 386 g/mol. The Kier molecular flexibility index (Phi) is 5.61. The van der Waals surface area contributed by atoms with Crippen LogP contribution in [0, 0.1) is 11.5 Å². The number of thioether (sulfide) groups is 1. The lowest BCUT2D eigenvalue weighted by Crippen LogP contribution is -2.35. The van der Waals surface area contributed by atoms with E-state index in [2.05, 4.69) is 10.3 Å². The molecular formula is C18H18N4O2S2. The minimum absolute atomic E-state index is 0.245. The van der Waals surface area contributed by atoms with Crippen LogP contribution in [-0.2, 0) is 23.0 Å². The van der Waals surface area contributed by atoms with E-state index >= 15 is 0 Å². The Bertz CT molecular complexity index is 963. The normalized spacial score (nSPS) is 15.2. The Morgan fingerprint density at radius 2 is 1.88 bits per heavy atom. The molecule has 1 N–H and O–H groups in total. The second-order valence-electron chi connectivity index (χ2n) is 5.71. The van der Waals surface area contributed by atoms with Crippen LogP contribution >= 0.6 is 11.8 Å². The van der Waals surface area contributed by atoms with Crippen LogP contribution in [0.3, 0.4) is 0 Å². The van der Waals surface area contributed by atoms with Gasteiger partial charge in [-0.05, 0) is 48.1 Å². The van der Waals surface area contributed by atoms with E-state index in [0.29, 0.717) is 30.4 Å². The van der Waals surface area contributed by atoms with E-state index in [0.717, 1.165) is 5.56 Å². The molecule has 8 heteroatoms. The highest BCUT2D eigenvalue weighted by Crippen LogP contribution is 2.26. The quantitative estimate of drug-likeness (QED) is 0.379. The molecule has 0 unspecified atom stereocenters. The lowest BCUT2D eigenvalue weighted by Gasteiger charge is -2.28. The summed E-state index contributed by atoms with van der Waals surface area (Å²) in [6, 6.07) is 14.3. The van der Waals surface area contributed by atoms with Crippen LogP contribution in [0.1, 0.15) is 11.1 Å². The number of aliphatic imine (C=N–C) groups is 1. The van der Waals surface area contributed by atoms with Gasteiger partial charge in [0.05, 0.1) is 10.6 Å². The fraction of sp³-hybridized carbons (Fsp3) is 0.222. The minimum atomic E-state index is -3.55. The number of hydrogen-bond acceptors (Lipinski definition) is 5. The maximum Gasteiger partial charge on any atom is 0.243 e. The van der Waals surface area contributed by atoms with E-state index < -0.39 is 10.0 Å². The van der Waals surface area contributed by atoms with Crippen LogP contribution in [0.5, 0.6) is 0 Å². The summed E-state index contributed by atoms with van der Waals surface area (Å²) >= 11 is 1.31. The van der Waals surface area contributed by atoms with Crippen molar-refractivity contribution in [3.63, 3.8) is 0 Å². The third-order valence-electron chi connectivity index (χ3n) is 4.16. The van der Waals surface area contributed by atoms with Crippen molar-refractivity contribution in [2.45, 2.75) is 17.9 Å². The van der Waals surface area contributed by atoms with Gasteiger partial charge in [-0.2, -0.15) is 9.57 Å². The Labute approximate surface area is 157 Å². The largest absolute Gasteiger partial charge is 0.271 e. The van der Waals surface area contributed by atoms with E-state index in [1.807, 2.05) is 30.5 Å². The predicted octanol–water partition coefficient (Wildman–Crippen LogP) is 2.85. The molecule has 134 valence electrons. The van der Waals surface area contributed by atoms with Crippen LogP contribution < -0.4 is 5.32 Å². The standard InChI is InChI=1S/C18H18N4O2S2/c1-25-18(20-13-19)21-16-6-8-17(9-7-16)26(23,24)22-11-10-14-4-2-3-5-15(14)12-22/h2-9H,10-12H2,1H3,(H,20,21). The Balaban J connectivity index is 1.81. The zero-order valence-electron chi connectivity index (χ0n) is 14.2. The van der Waals surface area contributed by atoms with Crippen molar-refractivity contribution in [2.24, 2.45) is 4.99 Å². The fourth-order valence-corrected chi connectivity index (χ4v) is 4.57. The minimum Gasteiger partial charge on any atom is -0.271 e. The first-order valence-electron chi connectivity index (χ1n) is 7.99. The van der Waals surface area contributed by atoms with Crippen LogP contribution in [0.4, 0.5) is 5.69 Å². The molecule has 1 aliphatic heterocycles. The van der Waals surface area contributed by atoms with Gasteiger partial charge in [0.1, 0.15) is 0 Å². The summed E-state index contributed by atoms with van der Waals surface area (Å²) in [5.74, 6) is 0. The molecule has 6 nitrogen and oxygen atoms in total. The van der Waals surface area contributed by atoms with Crippen molar-refractivity contribution >= 4 is 32.6 Å². The molecule has 0 atom stereocenters. The molecule has 0 saturated heterocycles. The number of nitriles is 1. The van der Waals surface area contributed by atoms with E-state index in [1.165, 1.54) is 21.6 Å². The maximum absolute atomic E-state index is 12.9. The van der Waals surface area contributed by atoms with Gasteiger partial charge in [0.15, 0.2) is 11.4 Å². The summed E-state index contributed by atoms with van der Waals surface area (Å²) in [6.45, 7) is 0.864. The number of fused-ring (bicyclic) bond motifs is 1. The fourth-order valence-electron chi connectivity index (χ4n) is 2.81. The molecule has 0 fully saturated rings. The number of amidine groups is 1. The first-order valence-corrected chi connectivity index (χ1v) is 10.7. The summed E-state index contributed by atoms with van der Waals surface area (Å²) in [5, 5.41) is 11.6. The molecular weight excluding hydrogens is 368 g/mol. The highest BCUT2D eigenvalue weighted by Gasteiger charge is 2.28. The molecule has 2 aromatic carbocycles. The molecule has 0 amide bonds. The molecule has 0 spiro atoms. The Morgan fingerprint density at radius 1 is 1.19 bits per heavy atom. The molecule has 2 aromatic rings. The van der Waals surface area contributed by atoms with E-state index in [-0.39, 0.29) is 4.90 Å². The summed E-state index contributed by atoms with van der Waals surface area (Å²) in [7, 11) is -3.55. The van der Waals surface area contributed by atoms with E-state index in [9.17, 15) is 8.42 Å². The number of nitrogens with one attached hydrogen (secondary N) is 1. The van der Waals surface area contributed by atoms with Gasteiger partial charge in [-0.3, -0.25) is 5.32 Å². The van der Waals surface area contributed by atoms with Crippen molar-refractivity contribution < 1.29 is 8.42 Å². The first-order chi connectivity index (χ1) is 12.5. The van der Waals surface area contributed by atoms with Gasteiger partial charge in [0.2, 0.25) is 10.0 Å². The summed E-state index contributed by atoms with van der Waals surface area (Å²) in [6.07, 6.45) is 4.34. The smallest absolute Gasteiger partial charge is 0.243 e. The molecule has 0 bridgehead atoms. The van der Waals surface area contributed by atoms with Crippen LogP contribution in [0.15, 0.2) is 58.4 Å². The average Bonchev–Trinajstić information content (AvgIpc) is 2.67. The van der Waals surface area contributed by atoms with Gasteiger partial charge in [-0.1, -0.05) is 36.0 Å². The second-order valence-corrected chi connectivity index (χ2v) is 8.44. The average molecular weight is 387 g/mol. The molecule has 1 heterocycles. The van der Waals surface area contributed by atoms with Gasteiger partial charge < -0.3 is 0 Å². The zero-order valence-corrected chi connectivity index (χ0v) is 15.8. The van der Waals surface area contributed by atoms with Crippen molar-refractivity contribution in [2.75, 3.05) is 12.8 Å². The van der Waals surface area contributed by atoms with Crippen molar-refractivity contribution in [1.29, 1.82) is 5.26 Å². The summed E-state index contributed by atoms with van der Waals surface area (Å²) in [5.41, 5.74) is 2.84. The summed E-state index contributed by atoms with van der Waals surface area (Å²) < 4.78 is 27.4. The van der Waals surface area contributed by atoms with Gasteiger partial charge in [0.25, 0.3) is 0 Å². The molecule has 26 heavy (non-hydrogen) atoms. The molecule has 0 aliphatic carbocycles. The van der Waals surface area contributed by atoms with Crippen LogP contribution in [0.2, 0.25) is 0 Å².